The molecule has 11 heteroatoms. The third-order valence-electron chi connectivity index (χ3n) is 7.09. The van der Waals surface area contributed by atoms with E-state index in [1.807, 2.05) is 31.2 Å². The maximum absolute atomic E-state index is 13.6. The van der Waals surface area contributed by atoms with Crippen LogP contribution in [0.5, 0.6) is 0 Å². The van der Waals surface area contributed by atoms with Crippen LogP contribution in [0.15, 0.2) is 60.8 Å². The molecule has 3 unspecified atom stereocenters. The minimum atomic E-state index is -3.82. The van der Waals surface area contributed by atoms with Crippen molar-refractivity contribution >= 4 is 38.5 Å². The smallest absolute Gasteiger partial charge is 0.270 e. The molecule has 198 valence electrons. The third-order valence-corrected chi connectivity index (χ3v) is 8.86. The molecule has 38 heavy (non-hydrogen) atoms. The Labute approximate surface area is 221 Å². The van der Waals surface area contributed by atoms with E-state index in [0.717, 1.165) is 5.39 Å². The van der Waals surface area contributed by atoms with Gasteiger partial charge in [-0.3, -0.25) is 19.4 Å². The summed E-state index contributed by atoms with van der Waals surface area (Å²) in [5.41, 5.74) is 1.26. The van der Waals surface area contributed by atoms with Gasteiger partial charge in [-0.1, -0.05) is 43.7 Å². The van der Waals surface area contributed by atoms with Crippen LogP contribution in [0.3, 0.4) is 0 Å². The normalized spacial score (nSPS) is 20.4. The average molecular weight is 536 g/mol. The molecule has 0 saturated carbocycles. The van der Waals surface area contributed by atoms with E-state index in [9.17, 15) is 22.8 Å². The molecule has 2 aromatic heterocycles. The van der Waals surface area contributed by atoms with Gasteiger partial charge in [0, 0.05) is 18.1 Å². The van der Waals surface area contributed by atoms with Crippen LogP contribution in [0, 0.1) is 0 Å². The molecule has 1 aromatic carbocycles. The molecular formula is C27H29N5O5S. The van der Waals surface area contributed by atoms with Crippen LogP contribution in [0.4, 0.5) is 0 Å². The molecule has 0 radical (unpaired) electrons. The van der Waals surface area contributed by atoms with Crippen molar-refractivity contribution in [3.63, 3.8) is 0 Å². The van der Waals surface area contributed by atoms with Crippen molar-refractivity contribution in [1.29, 1.82) is 0 Å². The first-order valence-electron chi connectivity index (χ1n) is 12.7. The molecule has 2 aliphatic rings. The van der Waals surface area contributed by atoms with Gasteiger partial charge in [0.25, 0.3) is 5.91 Å². The van der Waals surface area contributed by atoms with Crippen LogP contribution in [0.25, 0.3) is 10.9 Å². The lowest BCUT2D eigenvalue weighted by molar-refractivity contribution is -0.138. The highest BCUT2D eigenvalue weighted by atomic mass is 32.2. The van der Waals surface area contributed by atoms with E-state index in [4.69, 9.17) is 0 Å². The second kappa shape index (κ2) is 10.6. The zero-order valence-corrected chi connectivity index (χ0v) is 21.8. The summed E-state index contributed by atoms with van der Waals surface area (Å²) in [4.78, 5) is 49.6. The second-order valence-electron chi connectivity index (χ2n) is 9.63. The van der Waals surface area contributed by atoms with Crippen molar-refractivity contribution in [2.75, 3.05) is 13.1 Å². The molecule has 10 nitrogen and oxygen atoms in total. The quantitative estimate of drug-likeness (QED) is 0.466. The van der Waals surface area contributed by atoms with E-state index in [2.05, 4.69) is 15.3 Å². The monoisotopic (exact) mass is 535 g/mol. The van der Waals surface area contributed by atoms with Crippen molar-refractivity contribution in [3.8, 4) is 0 Å². The summed E-state index contributed by atoms with van der Waals surface area (Å²) in [6, 6.07) is 13.5. The Bertz CT molecular complexity index is 1480. The van der Waals surface area contributed by atoms with Crippen LogP contribution >= 0.6 is 0 Å². The van der Waals surface area contributed by atoms with E-state index in [1.165, 1.54) is 15.4 Å². The molecule has 2 saturated heterocycles. The highest BCUT2D eigenvalue weighted by Crippen LogP contribution is 2.33. The molecule has 3 aromatic rings. The lowest BCUT2D eigenvalue weighted by Gasteiger charge is -2.28. The number of hydrogen-bond acceptors (Lipinski definition) is 7. The fourth-order valence-corrected chi connectivity index (χ4v) is 6.97. The molecule has 0 aliphatic carbocycles. The van der Waals surface area contributed by atoms with Crippen molar-refractivity contribution < 1.29 is 22.8 Å². The number of nitrogens with zero attached hydrogens (tertiary/aromatic N) is 4. The topological polar surface area (TPSA) is 130 Å². The SMILES string of the molecule is CCCC(NC(=O)c1ccc2ccccc2n1)C(=O)N1CCC2C1C(=O)CN2S(=O)(=O)Cc1ccccn1. The molecule has 2 aliphatic heterocycles. The predicted molar refractivity (Wildman–Crippen MR) is 140 cm³/mol. The Hall–Kier alpha value is -3.70. The van der Waals surface area contributed by atoms with Gasteiger partial charge in [0.15, 0.2) is 5.78 Å². The van der Waals surface area contributed by atoms with Crippen LogP contribution in [-0.4, -0.2) is 76.4 Å². The molecule has 2 fully saturated rings. The Morgan fingerprint density at radius 2 is 1.89 bits per heavy atom. The molecular weight excluding hydrogens is 506 g/mol. The average Bonchev–Trinajstić information content (AvgIpc) is 3.49. The van der Waals surface area contributed by atoms with Crippen LogP contribution in [-0.2, 0) is 25.4 Å². The lowest BCUT2D eigenvalue weighted by atomic mass is 10.1. The van der Waals surface area contributed by atoms with Gasteiger partial charge in [-0.05, 0) is 37.1 Å². The minimum Gasteiger partial charge on any atom is -0.339 e. The van der Waals surface area contributed by atoms with E-state index >= 15 is 0 Å². The summed E-state index contributed by atoms with van der Waals surface area (Å²) in [5.74, 6) is -1.49. The number of nitrogens with one attached hydrogen (secondary N) is 1. The molecule has 2 amide bonds. The van der Waals surface area contributed by atoms with Gasteiger partial charge in [-0.15, -0.1) is 0 Å². The van der Waals surface area contributed by atoms with Crippen LogP contribution in [0.1, 0.15) is 42.4 Å². The Balaban J connectivity index is 1.31. The number of carbonyl (C=O) groups is 3. The maximum Gasteiger partial charge on any atom is 0.270 e. The number of pyridine rings is 2. The van der Waals surface area contributed by atoms with Gasteiger partial charge < -0.3 is 10.2 Å². The number of hydrogen-bond donors (Lipinski definition) is 1. The molecule has 0 spiro atoms. The van der Waals surface area contributed by atoms with Crippen LogP contribution in [0.2, 0.25) is 0 Å². The number of Topliss-reactive ketones (excluding diaryl/α,β-unsaturated/α-hetero) is 1. The Morgan fingerprint density at radius 1 is 1.11 bits per heavy atom. The van der Waals surface area contributed by atoms with Gasteiger partial charge in [-0.25, -0.2) is 13.4 Å². The summed E-state index contributed by atoms with van der Waals surface area (Å²) >= 11 is 0. The number of benzene rings is 1. The molecule has 3 atom stereocenters. The van der Waals surface area contributed by atoms with Gasteiger partial charge in [0.1, 0.15) is 23.5 Å². The van der Waals surface area contributed by atoms with E-state index < -0.39 is 34.1 Å². The van der Waals surface area contributed by atoms with Crippen molar-refractivity contribution in [1.82, 2.24) is 24.5 Å². The highest BCUT2D eigenvalue weighted by Gasteiger charge is 2.54. The fraction of sp³-hybridized carbons (Fsp3) is 0.370. The highest BCUT2D eigenvalue weighted by molar-refractivity contribution is 7.88. The van der Waals surface area contributed by atoms with Crippen molar-refractivity contribution in [2.45, 2.75) is 50.1 Å². The van der Waals surface area contributed by atoms with Gasteiger partial charge in [0.2, 0.25) is 15.9 Å². The number of sulfonamides is 1. The predicted octanol–water partition coefficient (Wildman–Crippen LogP) is 1.91. The number of aromatic nitrogens is 2. The molecule has 0 bridgehead atoms. The second-order valence-corrected chi connectivity index (χ2v) is 11.5. The van der Waals surface area contributed by atoms with E-state index in [-0.39, 0.29) is 36.2 Å². The van der Waals surface area contributed by atoms with E-state index in [0.29, 0.717) is 30.5 Å². The first-order valence-corrected chi connectivity index (χ1v) is 14.3. The molecule has 4 heterocycles. The Kier molecular flexibility index (Phi) is 7.22. The lowest BCUT2D eigenvalue weighted by Crippen LogP contribution is -2.52. The zero-order valence-electron chi connectivity index (χ0n) is 21.0. The number of ketones is 1. The van der Waals surface area contributed by atoms with E-state index in [1.54, 1.807) is 30.3 Å². The van der Waals surface area contributed by atoms with Gasteiger partial charge in [0.05, 0.1) is 23.8 Å². The number of likely N-dealkylation sites (tertiary alicyclic amines) is 1. The largest absolute Gasteiger partial charge is 0.339 e. The third kappa shape index (κ3) is 5.03. The minimum absolute atomic E-state index is 0.195. The van der Waals surface area contributed by atoms with Crippen molar-refractivity contribution in [3.05, 3.63) is 72.2 Å². The Morgan fingerprint density at radius 3 is 2.66 bits per heavy atom. The zero-order chi connectivity index (χ0) is 26.9. The van der Waals surface area contributed by atoms with Crippen molar-refractivity contribution in [2.24, 2.45) is 0 Å². The van der Waals surface area contributed by atoms with Gasteiger partial charge in [-0.2, -0.15) is 4.31 Å². The fourth-order valence-electron chi connectivity index (χ4n) is 5.31. The first kappa shape index (κ1) is 25.9. The summed E-state index contributed by atoms with van der Waals surface area (Å²) < 4.78 is 27.5. The van der Waals surface area contributed by atoms with Crippen LogP contribution < -0.4 is 5.32 Å². The standard InChI is InChI=1S/C27H29N5O5S/c1-2-7-22(30-26(34)21-12-11-18-8-3-4-10-20(18)29-21)27(35)31-15-13-23-25(31)24(33)16-32(23)38(36,37)17-19-9-5-6-14-28-19/h3-6,8-12,14,22-23,25H,2,7,13,15-17H2,1H3,(H,30,34). The number of rotatable bonds is 8. The summed E-state index contributed by atoms with van der Waals surface area (Å²) in [7, 11) is -3.82. The molecule has 1 N–H and O–H groups in total. The summed E-state index contributed by atoms with van der Waals surface area (Å²) in [5, 5.41) is 3.70. The first-order chi connectivity index (χ1) is 18.3. The number of amides is 2. The summed E-state index contributed by atoms with van der Waals surface area (Å²) in [6.45, 7) is 1.86. The number of carbonyl (C=O) groups excluding carboxylic acids is 3. The maximum atomic E-state index is 13.6. The number of para-hydroxylation sites is 1. The summed E-state index contributed by atoms with van der Waals surface area (Å²) in [6.07, 6.45) is 2.88. The van der Waals surface area contributed by atoms with Gasteiger partial charge >= 0.3 is 0 Å². The molecule has 5 rings (SSSR count). The number of fused-ring (bicyclic) bond motifs is 2.